The van der Waals surface area contributed by atoms with Gasteiger partial charge in [-0.1, -0.05) is 12.1 Å². The van der Waals surface area contributed by atoms with Crippen LogP contribution >= 0.6 is 0 Å². The number of hydrogen-bond donors (Lipinski definition) is 2. The van der Waals surface area contributed by atoms with Crippen LogP contribution in [0.3, 0.4) is 0 Å². The molecule has 0 saturated carbocycles. The van der Waals surface area contributed by atoms with Gasteiger partial charge in [-0.3, -0.25) is 0 Å². The molecule has 1 saturated heterocycles. The third kappa shape index (κ3) is 3.55. The summed E-state index contributed by atoms with van der Waals surface area (Å²) in [6, 6.07) is 0. The van der Waals surface area contributed by atoms with Gasteiger partial charge in [0.25, 0.3) is 0 Å². The Balaban J connectivity index is 2.23. The van der Waals surface area contributed by atoms with Crippen LogP contribution in [0.4, 0.5) is 0 Å². The summed E-state index contributed by atoms with van der Waals surface area (Å²) in [4.78, 5) is 0. The smallest absolute Gasteiger partial charge is 0.424 e. The fourth-order valence-corrected chi connectivity index (χ4v) is 1.16. The van der Waals surface area contributed by atoms with Crippen LogP contribution in [0.15, 0.2) is 12.1 Å². The van der Waals surface area contributed by atoms with Gasteiger partial charge in [-0.15, -0.1) is 0 Å². The van der Waals surface area contributed by atoms with E-state index < -0.39 is 7.12 Å². The third-order valence-corrected chi connectivity index (χ3v) is 1.82. The molecule has 1 aliphatic heterocycles. The molecule has 3 nitrogen and oxygen atoms in total. The molecule has 0 aromatic carbocycles. The van der Waals surface area contributed by atoms with E-state index in [0.29, 0.717) is 5.92 Å². The fraction of sp³-hybridized carbons (Fsp3) is 0.714. The molecule has 0 bridgehead atoms. The van der Waals surface area contributed by atoms with Gasteiger partial charge in [0, 0.05) is 13.2 Å². The van der Waals surface area contributed by atoms with Gasteiger partial charge in [-0.05, 0) is 18.8 Å². The molecule has 1 heterocycles. The number of rotatable bonds is 2. The molecule has 0 aromatic rings. The lowest BCUT2D eigenvalue weighted by molar-refractivity contribution is 0.0785. The Morgan fingerprint density at radius 1 is 1.27 bits per heavy atom. The minimum absolute atomic E-state index is 0.463. The highest BCUT2D eigenvalue weighted by atomic mass is 16.5. The summed E-state index contributed by atoms with van der Waals surface area (Å²) in [7, 11) is -1.31. The first kappa shape index (κ1) is 8.78. The molecule has 11 heavy (non-hydrogen) atoms. The second-order valence-corrected chi connectivity index (χ2v) is 2.75. The highest BCUT2D eigenvalue weighted by molar-refractivity contribution is 6.47. The summed E-state index contributed by atoms with van der Waals surface area (Å²) in [6.07, 6.45) is 3.83. The third-order valence-electron chi connectivity index (χ3n) is 1.82. The van der Waals surface area contributed by atoms with Crippen LogP contribution in [-0.4, -0.2) is 30.4 Å². The summed E-state index contributed by atoms with van der Waals surface area (Å²) in [5, 5.41) is 17.0. The first-order valence-corrected chi connectivity index (χ1v) is 3.91. The van der Waals surface area contributed by atoms with Gasteiger partial charge in [0.1, 0.15) is 0 Å². The van der Waals surface area contributed by atoms with Crippen molar-refractivity contribution in [3.05, 3.63) is 12.1 Å². The molecule has 2 N–H and O–H groups in total. The topological polar surface area (TPSA) is 49.7 Å². The minimum atomic E-state index is -1.31. The lowest BCUT2D eigenvalue weighted by Gasteiger charge is -2.18. The molecule has 0 aliphatic carbocycles. The van der Waals surface area contributed by atoms with E-state index in [1.807, 2.05) is 6.08 Å². The summed E-state index contributed by atoms with van der Waals surface area (Å²) in [5.74, 6) is 1.88. The summed E-state index contributed by atoms with van der Waals surface area (Å²) >= 11 is 0. The SMILES string of the molecule is OB(O)/C=C/C1CCOCC1. The maximum atomic E-state index is 8.52. The molecule has 0 spiro atoms. The summed E-state index contributed by atoms with van der Waals surface area (Å²) < 4.78 is 5.15. The lowest BCUT2D eigenvalue weighted by Crippen LogP contribution is -2.15. The maximum Gasteiger partial charge on any atom is 0.480 e. The highest BCUT2D eigenvalue weighted by Gasteiger charge is 2.11. The molecule has 1 aliphatic rings. The second kappa shape index (κ2) is 4.54. The average Bonchev–Trinajstić information content (AvgIpc) is 2.03. The molecule has 1 rings (SSSR count). The quantitative estimate of drug-likeness (QED) is 0.552. The van der Waals surface area contributed by atoms with Crippen LogP contribution in [0, 0.1) is 5.92 Å². The van der Waals surface area contributed by atoms with Crippen molar-refractivity contribution in [2.24, 2.45) is 5.92 Å². The molecular formula is C7H13BO3. The van der Waals surface area contributed by atoms with Crippen LogP contribution in [0.2, 0.25) is 0 Å². The van der Waals surface area contributed by atoms with Crippen molar-refractivity contribution in [3.8, 4) is 0 Å². The minimum Gasteiger partial charge on any atom is -0.424 e. The van der Waals surface area contributed by atoms with Gasteiger partial charge in [-0.25, -0.2) is 0 Å². The molecular weight excluding hydrogens is 143 g/mol. The van der Waals surface area contributed by atoms with E-state index in [1.165, 1.54) is 5.98 Å². The molecule has 4 heteroatoms. The molecule has 0 radical (unpaired) electrons. The molecule has 0 aromatic heterocycles. The molecule has 1 fully saturated rings. The van der Waals surface area contributed by atoms with E-state index in [2.05, 4.69) is 0 Å². The van der Waals surface area contributed by atoms with Gasteiger partial charge in [0.15, 0.2) is 0 Å². The maximum absolute atomic E-state index is 8.52. The van der Waals surface area contributed by atoms with Crippen molar-refractivity contribution in [1.82, 2.24) is 0 Å². The number of allylic oxidation sites excluding steroid dienone is 1. The van der Waals surface area contributed by atoms with Gasteiger partial charge >= 0.3 is 7.12 Å². The van der Waals surface area contributed by atoms with Gasteiger partial charge < -0.3 is 14.8 Å². The summed E-state index contributed by atoms with van der Waals surface area (Å²) in [5.41, 5.74) is 0. The van der Waals surface area contributed by atoms with Crippen molar-refractivity contribution in [1.29, 1.82) is 0 Å². The van der Waals surface area contributed by atoms with Crippen LogP contribution in [-0.2, 0) is 4.74 Å². The Kier molecular flexibility index (Phi) is 3.62. The largest absolute Gasteiger partial charge is 0.480 e. The lowest BCUT2D eigenvalue weighted by atomic mass is 9.87. The van der Waals surface area contributed by atoms with E-state index in [-0.39, 0.29) is 0 Å². The van der Waals surface area contributed by atoms with E-state index in [1.54, 1.807) is 0 Å². The number of ether oxygens (including phenoxy) is 1. The van der Waals surface area contributed by atoms with Crippen LogP contribution in [0.1, 0.15) is 12.8 Å². The molecule has 0 amide bonds. The number of hydrogen-bond acceptors (Lipinski definition) is 3. The predicted molar refractivity (Wildman–Crippen MR) is 42.9 cm³/mol. The van der Waals surface area contributed by atoms with Crippen molar-refractivity contribution in [2.75, 3.05) is 13.2 Å². The Bertz CT molecular complexity index is 130. The second-order valence-electron chi connectivity index (χ2n) is 2.75. The fourth-order valence-electron chi connectivity index (χ4n) is 1.16. The predicted octanol–water partition coefficient (Wildman–Crippen LogP) is -0.0188. The Morgan fingerprint density at radius 2 is 1.91 bits per heavy atom. The van der Waals surface area contributed by atoms with Gasteiger partial charge in [0.2, 0.25) is 0 Å². The van der Waals surface area contributed by atoms with E-state index in [9.17, 15) is 0 Å². The van der Waals surface area contributed by atoms with Crippen LogP contribution < -0.4 is 0 Å². The zero-order valence-electron chi connectivity index (χ0n) is 6.44. The Hall–Kier alpha value is -0.315. The molecule has 0 atom stereocenters. The van der Waals surface area contributed by atoms with E-state index in [4.69, 9.17) is 14.8 Å². The highest BCUT2D eigenvalue weighted by Crippen LogP contribution is 2.15. The summed E-state index contributed by atoms with van der Waals surface area (Å²) in [6.45, 7) is 1.58. The van der Waals surface area contributed by atoms with Crippen molar-refractivity contribution < 1.29 is 14.8 Å². The van der Waals surface area contributed by atoms with Crippen LogP contribution in [0.5, 0.6) is 0 Å². The normalized spacial score (nSPS) is 20.9. The first-order chi connectivity index (χ1) is 5.29. The van der Waals surface area contributed by atoms with Crippen LogP contribution in [0.25, 0.3) is 0 Å². The van der Waals surface area contributed by atoms with Crippen molar-refractivity contribution >= 4 is 7.12 Å². The zero-order valence-corrected chi connectivity index (χ0v) is 6.44. The standard InChI is InChI=1S/C7H13BO3/c9-8(10)4-1-7-2-5-11-6-3-7/h1,4,7,9-10H,2-3,5-6H2/b4-1+. The van der Waals surface area contributed by atoms with Crippen molar-refractivity contribution in [3.63, 3.8) is 0 Å². The molecule has 0 unspecified atom stereocenters. The van der Waals surface area contributed by atoms with Gasteiger partial charge in [0.05, 0.1) is 0 Å². The molecule has 62 valence electrons. The van der Waals surface area contributed by atoms with E-state index in [0.717, 1.165) is 26.1 Å². The first-order valence-electron chi connectivity index (χ1n) is 3.91. The Labute approximate surface area is 66.8 Å². The van der Waals surface area contributed by atoms with E-state index >= 15 is 0 Å². The van der Waals surface area contributed by atoms with Crippen molar-refractivity contribution in [2.45, 2.75) is 12.8 Å². The zero-order chi connectivity index (χ0) is 8.10. The average molecular weight is 156 g/mol. The monoisotopic (exact) mass is 156 g/mol. The Morgan fingerprint density at radius 3 is 2.45 bits per heavy atom. The van der Waals surface area contributed by atoms with Gasteiger partial charge in [-0.2, -0.15) is 0 Å².